The third-order valence-corrected chi connectivity index (χ3v) is 1.19. The molecule has 0 atom stereocenters. The maximum Gasteiger partial charge on any atom is 0.208 e. The molecule has 0 fully saturated rings. The van der Waals surface area contributed by atoms with E-state index in [0.29, 0.717) is 11.3 Å². The molecule has 3 nitrogen and oxygen atoms in total. The molecule has 0 radical (unpaired) electrons. The van der Waals surface area contributed by atoms with Crippen molar-refractivity contribution in [3.8, 4) is 0 Å². The lowest BCUT2D eigenvalue weighted by molar-refractivity contribution is 0.102. The summed E-state index contributed by atoms with van der Waals surface area (Å²) < 4.78 is 0. The van der Waals surface area contributed by atoms with Crippen molar-refractivity contribution in [2.24, 2.45) is 0 Å². The SMILES string of the molecule is C=C(C)C(=O)c1cccnn1. The third-order valence-electron chi connectivity index (χ3n) is 1.19. The number of ketones is 1. The van der Waals surface area contributed by atoms with E-state index in [-0.39, 0.29) is 5.78 Å². The molecule has 11 heavy (non-hydrogen) atoms. The third kappa shape index (κ3) is 1.70. The second kappa shape index (κ2) is 3.05. The highest BCUT2D eigenvalue weighted by atomic mass is 16.1. The average molecular weight is 148 g/mol. The highest BCUT2D eigenvalue weighted by Crippen LogP contribution is 2.00. The summed E-state index contributed by atoms with van der Waals surface area (Å²) in [5, 5.41) is 7.22. The summed E-state index contributed by atoms with van der Waals surface area (Å²) in [6.07, 6.45) is 1.52. The predicted molar refractivity (Wildman–Crippen MR) is 41.2 cm³/mol. The van der Waals surface area contributed by atoms with Crippen LogP contribution in [0, 0.1) is 0 Å². The van der Waals surface area contributed by atoms with Crippen molar-refractivity contribution in [1.82, 2.24) is 10.2 Å². The summed E-state index contributed by atoms with van der Waals surface area (Å²) >= 11 is 0. The highest BCUT2D eigenvalue weighted by molar-refractivity contribution is 6.06. The van der Waals surface area contributed by atoms with Crippen LogP contribution in [0.1, 0.15) is 17.4 Å². The van der Waals surface area contributed by atoms with Crippen LogP contribution in [0.15, 0.2) is 30.5 Å². The molecular formula is C8H8N2O. The fraction of sp³-hybridized carbons (Fsp3) is 0.125. The molecule has 0 spiro atoms. The monoisotopic (exact) mass is 148 g/mol. The first-order valence-electron chi connectivity index (χ1n) is 3.19. The molecule has 1 heterocycles. The van der Waals surface area contributed by atoms with E-state index in [4.69, 9.17) is 0 Å². The van der Waals surface area contributed by atoms with Crippen LogP contribution < -0.4 is 0 Å². The van der Waals surface area contributed by atoms with Gasteiger partial charge < -0.3 is 0 Å². The summed E-state index contributed by atoms with van der Waals surface area (Å²) in [5.74, 6) is -0.155. The average Bonchev–Trinajstić information content (AvgIpc) is 2.05. The second-order valence-corrected chi connectivity index (χ2v) is 2.22. The lowest BCUT2D eigenvalue weighted by Crippen LogP contribution is -2.02. The quantitative estimate of drug-likeness (QED) is 0.468. The van der Waals surface area contributed by atoms with Crippen LogP contribution in [-0.2, 0) is 0 Å². The van der Waals surface area contributed by atoms with E-state index < -0.39 is 0 Å². The van der Waals surface area contributed by atoms with Crippen LogP contribution in [0.4, 0.5) is 0 Å². The van der Waals surface area contributed by atoms with E-state index >= 15 is 0 Å². The first kappa shape index (κ1) is 7.60. The fourth-order valence-electron chi connectivity index (χ4n) is 0.641. The standard InChI is InChI=1S/C8H8N2O/c1-6(2)8(11)7-4-3-5-9-10-7/h3-5H,1H2,2H3. The van der Waals surface area contributed by atoms with Gasteiger partial charge in [-0.1, -0.05) is 6.58 Å². The number of allylic oxidation sites excluding steroid dienone is 1. The molecule has 0 saturated heterocycles. The van der Waals surface area contributed by atoms with Crippen molar-refractivity contribution in [3.05, 3.63) is 36.2 Å². The van der Waals surface area contributed by atoms with E-state index in [2.05, 4.69) is 16.8 Å². The van der Waals surface area contributed by atoms with Gasteiger partial charge in [0.05, 0.1) is 0 Å². The van der Waals surface area contributed by atoms with Gasteiger partial charge in [0.2, 0.25) is 5.78 Å². The molecular weight excluding hydrogens is 140 g/mol. The highest BCUT2D eigenvalue weighted by Gasteiger charge is 2.06. The zero-order valence-electron chi connectivity index (χ0n) is 6.24. The molecule has 1 aromatic rings. The number of nitrogens with zero attached hydrogens (tertiary/aromatic N) is 2. The lowest BCUT2D eigenvalue weighted by Gasteiger charge is -1.94. The van der Waals surface area contributed by atoms with E-state index in [1.807, 2.05) is 0 Å². The molecule has 0 amide bonds. The molecule has 1 rings (SSSR count). The van der Waals surface area contributed by atoms with Crippen molar-refractivity contribution in [2.45, 2.75) is 6.92 Å². The first-order chi connectivity index (χ1) is 5.22. The van der Waals surface area contributed by atoms with Crippen LogP contribution in [0.3, 0.4) is 0 Å². The number of aromatic nitrogens is 2. The van der Waals surface area contributed by atoms with Gasteiger partial charge >= 0.3 is 0 Å². The Hall–Kier alpha value is -1.51. The molecule has 3 heteroatoms. The molecule has 0 aliphatic heterocycles. The number of carbonyl (C=O) groups is 1. The van der Waals surface area contributed by atoms with E-state index in [1.165, 1.54) is 6.20 Å². The number of carbonyl (C=O) groups excluding carboxylic acids is 1. The van der Waals surface area contributed by atoms with Gasteiger partial charge in [-0.15, -0.1) is 5.10 Å². The van der Waals surface area contributed by atoms with E-state index in [9.17, 15) is 4.79 Å². The molecule has 0 unspecified atom stereocenters. The summed E-state index contributed by atoms with van der Waals surface area (Å²) in [6, 6.07) is 3.28. The summed E-state index contributed by atoms with van der Waals surface area (Å²) in [6.45, 7) is 5.16. The maximum atomic E-state index is 11.1. The van der Waals surface area contributed by atoms with Gasteiger partial charge in [0.15, 0.2) is 0 Å². The Morgan fingerprint density at radius 3 is 2.82 bits per heavy atom. The Labute approximate surface area is 64.8 Å². The van der Waals surface area contributed by atoms with Gasteiger partial charge in [0, 0.05) is 6.20 Å². The molecule has 0 N–H and O–H groups in total. The van der Waals surface area contributed by atoms with Crippen molar-refractivity contribution in [3.63, 3.8) is 0 Å². The Kier molecular flexibility index (Phi) is 2.11. The van der Waals surface area contributed by atoms with Crippen LogP contribution in [-0.4, -0.2) is 16.0 Å². The molecule has 1 aromatic heterocycles. The van der Waals surface area contributed by atoms with Gasteiger partial charge in [0.1, 0.15) is 5.69 Å². The van der Waals surface area contributed by atoms with Crippen LogP contribution in [0.25, 0.3) is 0 Å². The minimum absolute atomic E-state index is 0.155. The Morgan fingerprint density at radius 2 is 2.36 bits per heavy atom. The number of Topliss-reactive ketones (excluding diaryl/α,β-unsaturated/α-hetero) is 1. The topological polar surface area (TPSA) is 42.9 Å². The smallest absolute Gasteiger partial charge is 0.208 e. The van der Waals surface area contributed by atoms with Gasteiger partial charge in [-0.2, -0.15) is 5.10 Å². The van der Waals surface area contributed by atoms with Gasteiger partial charge in [0.25, 0.3) is 0 Å². The Morgan fingerprint density at radius 1 is 1.64 bits per heavy atom. The fourth-order valence-corrected chi connectivity index (χ4v) is 0.641. The molecule has 56 valence electrons. The Balaban J connectivity index is 2.95. The van der Waals surface area contributed by atoms with Crippen molar-refractivity contribution in [1.29, 1.82) is 0 Å². The van der Waals surface area contributed by atoms with Crippen molar-refractivity contribution < 1.29 is 4.79 Å². The minimum atomic E-state index is -0.155. The zero-order chi connectivity index (χ0) is 8.27. The van der Waals surface area contributed by atoms with Crippen LogP contribution >= 0.6 is 0 Å². The van der Waals surface area contributed by atoms with Gasteiger partial charge in [-0.3, -0.25) is 4.79 Å². The second-order valence-electron chi connectivity index (χ2n) is 2.22. The molecule has 0 aliphatic carbocycles. The first-order valence-corrected chi connectivity index (χ1v) is 3.19. The maximum absolute atomic E-state index is 11.1. The summed E-state index contributed by atoms with van der Waals surface area (Å²) in [4.78, 5) is 11.1. The number of hydrogen-bond acceptors (Lipinski definition) is 3. The predicted octanol–water partition coefficient (Wildman–Crippen LogP) is 1.24. The lowest BCUT2D eigenvalue weighted by atomic mass is 10.1. The van der Waals surface area contributed by atoms with Crippen LogP contribution in [0.2, 0.25) is 0 Å². The Bertz CT molecular complexity index is 279. The number of rotatable bonds is 2. The molecule has 0 aliphatic rings. The summed E-state index contributed by atoms with van der Waals surface area (Å²) in [7, 11) is 0. The van der Waals surface area contributed by atoms with Crippen LogP contribution in [0.5, 0.6) is 0 Å². The molecule has 0 saturated carbocycles. The van der Waals surface area contributed by atoms with Gasteiger partial charge in [-0.05, 0) is 24.6 Å². The largest absolute Gasteiger partial charge is 0.287 e. The summed E-state index contributed by atoms with van der Waals surface area (Å²) in [5.41, 5.74) is 0.825. The van der Waals surface area contributed by atoms with Crippen molar-refractivity contribution in [2.75, 3.05) is 0 Å². The normalized spacial score (nSPS) is 9.18. The number of hydrogen-bond donors (Lipinski definition) is 0. The molecule has 0 aromatic carbocycles. The zero-order valence-corrected chi connectivity index (χ0v) is 6.24. The van der Waals surface area contributed by atoms with E-state index in [0.717, 1.165) is 0 Å². The minimum Gasteiger partial charge on any atom is -0.287 e. The molecule has 0 bridgehead atoms. The van der Waals surface area contributed by atoms with E-state index in [1.54, 1.807) is 19.1 Å². The van der Waals surface area contributed by atoms with Gasteiger partial charge in [-0.25, -0.2) is 0 Å². The van der Waals surface area contributed by atoms with Crippen molar-refractivity contribution >= 4 is 5.78 Å².